The van der Waals surface area contributed by atoms with Crippen molar-refractivity contribution in [3.63, 3.8) is 0 Å². The van der Waals surface area contributed by atoms with Gasteiger partial charge in [0.05, 0.1) is 6.04 Å². The van der Waals surface area contributed by atoms with Gasteiger partial charge in [-0.25, -0.2) is 8.42 Å². The quantitative estimate of drug-likeness (QED) is 0.571. The van der Waals surface area contributed by atoms with Gasteiger partial charge in [0, 0.05) is 12.5 Å². The van der Waals surface area contributed by atoms with E-state index in [1.54, 1.807) is 0 Å². The monoisotopic (exact) mass is 431 g/mol. The number of benzene rings is 2. The summed E-state index contributed by atoms with van der Waals surface area (Å²) in [5.41, 5.74) is 4.93. The Labute approximate surface area is 185 Å². The summed E-state index contributed by atoms with van der Waals surface area (Å²) >= 11 is 0. The Bertz CT molecular complexity index is 1150. The molecule has 0 amide bonds. The van der Waals surface area contributed by atoms with E-state index in [0.717, 1.165) is 19.3 Å². The zero-order chi connectivity index (χ0) is 21.5. The van der Waals surface area contributed by atoms with Crippen LogP contribution < -0.4 is 0 Å². The first-order valence-corrected chi connectivity index (χ1v) is 12.6. The highest BCUT2D eigenvalue weighted by molar-refractivity contribution is 7.90. The largest absolute Gasteiger partial charge is 0.224 e. The van der Waals surface area contributed by atoms with Crippen molar-refractivity contribution in [2.45, 2.75) is 49.3 Å². The second kappa shape index (κ2) is 7.92. The Morgan fingerprint density at radius 2 is 1.71 bits per heavy atom. The van der Waals surface area contributed by atoms with Crippen LogP contribution in [0.15, 0.2) is 90.6 Å². The fraction of sp³-hybridized carbons (Fsp3) is 0.333. The Hall–Kier alpha value is -2.43. The van der Waals surface area contributed by atoms with Crippen LogP contribution in [0.3, 0.4) is 0 Å². The number of fused-ring (bicyclic) bond motifs is 1. The fourth-order valence-corrected chi connectivity index (χ4v) is 7.34. The summed E-state index contributed by atoms with van der Waals surface area (Å²) in [6.07, 6.45) is 13.3. The summed E-state index contributed by atoms with van der Waals surface area (Å²) in [7, 11) is -3.47. The minimum absolute atomic E-state index is 0.0579. The van der Waals surface area contributed by atoms with Crippen molar-refractivity contribution in [2.75, 3.05) is 6.54 Å². The lowest BCUT2D eigenvalue weighted by Crippen LogP contribution is -2.49. The smallest absolute Gasteiger partial charge is 0.211 e. The molecule has 3 aliphatic rings. The predicted octanol–water partition coefficient (Wildman–Crippen LogP) is 5.84. The summed E-state index contributed by atoms with van der Waals surface area (Å²) in [4.78, 5) is 0. The van der Waals surface area contributed by atoms with Gasteiger partial charge in [-0.15, -0.1) is 0 Å². The molecular formula is C27H29NO2S. The van der Waals surface area contributed by atoms with Crippen LogP contribution in [0.2, 0.25) is 0 Å². The highest BCUT2D eigenvalue weighted by Crippen LogP contribution is 2.45. The van der Waals surface area contributed by atoms with Crippen molar-refractivity contribution in [3.05, 3.63) is 96.1 Å². The molecule has 2 aromatic rings. The van der Waals surface area contributed by atoms with Gasteiger partial charge < -0.3 is 0 Å². The molecule has 1 aliphatic heterocycles. The number of sulfonamides is 1. The van der Waals surface area contributed by atoms with Crippen LogP contribution in [-0.4, -0.2) is 30.1 Å². The van der Waals surface area contributed by atoms with Crippen LogP contribution in [0, 0.1) is 0 Å². The molecule has 160 valence electrons. The zero-order valence-electron chi connectivity index (χ0n) is 17.9. The first-order chi connectivity index (χ1) is 15.0. The molecule has 0 spiro atoms. The van der Waals surface area contributed by atoms with Crippen molar-refractivity contribution in [1.82, 2.24) is 4.31 Å². The molecule has 4 heteroatoms. The van der Waals surface area contributed by atoms with E-state index >= 15 is 0 Å². The van der Waals surface area contributed by atoms with Crippen LogP contribution in [-0.2, 0) is 10.0 Å². The van der Waals surface area contributed by atoms with Gasteiger partial charge in [0.15, 0.2) is 0 Å². The number of allylic oxidation sites excluding steroid dienone is 4. The molecule has 0 saturated carbocycles. The Balaban J connectivity index is 1.47. The highest BCUT2D eigenvalue weighted by atomic mass is 32.2. The molecule has 1 heterocycles. The molecule has 0 radical (unpaired) electrons. The minimum Gasteiger partial charge on any atom is -0.211 e. The summed E-state index contributed by atoms with van der Waals surface area (Å²) in [6.45, 7) is 2.45. The van der Waals surface area contributed by atoms with Gasteiger partial charge in [-0.3, -0.25) is 0 Å². The van der Waals surface area contributed by atoms with E-state index in [4.69, 9.17) is 0 Å². The van der Waals surface area contributed by atoms with Gasteiger partial charge in [-0.05, 0) is 49.3 Å². The van der Waals surface area contributed by atoms with Crippen molar-refractivity contribution in [3.8, 4) is 11.1 Å². The van der Waals surface area contributed by atoms with Crippen molar-refractivity contribution in [1.29, 1.82) is 0 Å². The number of rotatable bonds is 4. The topological polar surface area (TPSA) is 37.4 Å². The van der Waals surface area contributed by atoms with E-state index in [9.17, 15) is 8.42 Å². The third-order valence-corrected chi connectivity index (χ3v) is 9.65. The molecule has 2 aromatic carbocycles. The summed E-state index contributed by atoms with van der Waals surface area (Å²) in [5, 5.41) is 0. The van der Waals surface area contributed by atoms with E-state index in [2.05, 4.69) is 54.6 Å². The van der Waals surface area contributed by atoms with E-state index < -0.39 is 14.8 Å². The van der Waals surface area contributed by atoms with Gasteiger partial charge in [0.2, 0.25) is 10.0 Å². The molecule has 0 N–H and O–H groups in total. The number of hydrogen-bond donors (Lipinski definition) is 0. The normalized spacial score (nSPS) is 28.4. The van der Waals surface area contributed by atoms with Crippen molar-refractivity contribution >= 4 is 10.0 Å². The van der Waals surface area contributed by atoms with Gasteiger partial charge in [-0.1, -0.05) is 90.6 Å². The van der Waals surface area contributed by atoms with Gasteiger partial charge in [0.25, 0.3) is 0 Å². The first kappa shape index (κ1) is 20.5. The first-order valence-electron chi connectivity index (χ1n) is 11.2. The summed E-state index contributed by atoms with van der Waals surface area (Å²) < 4.78 is 28.5. The van der Waals surface area contributed by atoms with E-state index in [1.807, 2.05) is 41.6 Å². The number of nitrogens with zero attached hydrogens (tertiary/aromatic N) is 1. The molecule has 5 rings (SSSR count). The average molecular weight is 432 g/mol. The van der Waals surface area contributed by atoms with E-state index in [1.165, 1.54) is 22.3 Å². The zero-order valence-corrected chi connectivity index (χ0v) is 18.8. The van der Waals surface area contributed by atoms with Crippen LogP contribution in [0.5, 0.6) is 0 Å². The molecule has 3 atom stereocenters. The predicted molar refractivity (Wildman–Crippen MR) is 127 cm³/mol. The highest BCUT2D eigenvalue weighted by Gasteiger charge is 2.49. The molecule has 31 heavy (non-hydrogen) atoms. The molecule has 3 nitrogen and oxygen atoms in total. The molecule has 1 saturated heterocycles. The molecule has 0 aromatic heterocycles. The van der Waals surface area contributed by atoms with Gasteiger partial charge >= 0.3 is 0 Å². The van der Waals surface area contributed by atoms with Crippen LogP contribution in [0.25, 0.3) is 11.1 Å². The fourth-order valence-electron chi connectivity index (χ4n) is 5.34. The third-order valence-electron chi connectivity index (χ3n) is 7.14. The molecule has 1 unspecified atom stereocenters. The van der Waals surface area contributed by atoms with Gasteiger partial charge in [0.1, 0.15) is 4.75 Å². The minimum atomic E-state index is -3.47. The summed E-state index contributed by atoms with van der Waals surface area (Å²) in [6, 6.07) is 19.1. The molecular weight excluding hydrogens is 402 g/mol. The standard InChI is InChI=1S/C27H29NO2S/c1-27(18-6-3-7-19-27)31(29,30)28-20-17-24-11-8-12-25(26(24)28)23-15-13-22(14-16-23)21-9-4-2-5-10-21/h2-7,9-11,13-16,18,25-26H,8,12,17,19-20H2,1H3/t25-,26+,27?/m0/s1. The summed E-state index contributed by atoms with van der Waals surface area (Å²) in [5.74, 6) is 0.203. The van der Waals surface area contributed by atoms with Crippen LogP contribution in [0.1, 0.15) is 44.1 Å². The third kappa shape index (κ3) is 3.52. The number of hydrogen-bond acceptors (Lipinski definition) is 2. The molecule has 0 bridgehead atoms. The lowest BCUT2D eigenvalue weighted by atomic mass is 9.80. The maximum Gasteiger partial charge on any atom is 0.224 e. The average Bonchev–Trinajstić information content (AvgIpc) is 3.25. The lowest BCUT2D eigenvalue weighted by Gasteiger charge is -2.39. The van der Waals surface area contributed by atoms with Gasteiger partial charge in [-0.2, -0.15) is 4.31 Å². The second-order valence-corrected chi connectivity index (χ2v) is 11.4. The van der Waals surface area contributed by atoms with Crippen LogP contribution >= 0.6 is 0 Å². The maximum absolute atomic E-state index is 13.8. The van der Waals surface area contributed by atoms with Crippen molar-refractivity contribution < 1.29 is 8.42 Å². The van der Waals surface area contributed by atoms with Crippen molar-refractivity contribution in [2.24, 2.45) is 0 Å². The SMILES string of the molecule is CC1(S(=O)(=O)N2CCC3=CCC[C@@H](c4ccc(-c5ccccc5)cc4)[C@@H]32)C=CC=CC1. The molecule has 1 fully saturated rings. The van der Waals surface area contributed by atoms with E-state index in [-0.39, 0.29) is 12.0 Å². The Kier molecular flexibility index (Phi) is 5.23. The maximum atomic E-state index is 13.8. The Morgan fingerprint density at radius 1 is 0.968 bits per heavy atom. The Morgan fingerprint density at radius 3 is 2.42 bits per heavy atom. The van der Waals surface area contributed by atoms with Crippen LogP contribution in [0.4, 0.5) is 0 Å². The second-order valence-electron chi connectivity index (χ2n) is 9.07. The molecule has 2 aliphatic carbocycles. The van der Waals surface area contributed by atoms with E-state index in [0.29, 0.717) is 13.0 Å². The lowest BCUT2D eigenvalue weighted by molar-refractivity contribution is 0.337.